The molecule has 0 radical (unpaired) electrons. The second-order valence-corrected chi connectivity index (χ2v) is 6.61. The molecular formula is C17H16ClNO3S. The largest absolute Gasteiger partial charge is 0.496 e. The molecule has 0 aromatic heterocycles. The number of hydrogen-bond donors (Lipinski definition) is 1. The van der Waals surface area contributed by atoms with Crippen molar-refractivity contribution in [2.24, 2.45) is 0 Å². The topological polar surface area (TPSA) is 47.6 Å². The van der Waals surface area contributed by atoms with Crippen LogP contribution in [0.5, 0.6) is 11.5 Å². The van der Waals surface area contributed by atoms with Crippen LogP contribution in [0.15, 0.2) is 42.5 Å². The first-order valence-corrected chi connectivity index (χ1v) is 8.68. The first kappa shape index (κ1) is 16.0. The Labute approximate surface area is 144 Å². The van der Waals surface area contributed by atoms with Crippen molar-refractivity contribution in [2.45, 2.75) is 6.10 Å². The van der Waals surface area contributed by atoms with Crippen molar-refractivity contribution in [2.75, 3.05) is 23.9 Å². The number of rotatable bonds is 5. The van der Waals surface area contributed by atoms with Crippen molar-refractivity contribution in [1.82, 2.24) is 0 Å². The van der Waals surface area contributed by atoms with Gasteiger partial charge in [-0.2, -0.15) is 11.8 Å². The number of ether oxygens (including phenoxy) is 2. The highest BCUT2D eigenvalue weighted by Crippen LogP contribution is 2.26. The summed E-state index contributed by atoms with van der Waals surface area (Å²) in [7, 11) is 1.52. The summed E-state index contributed by atoms with van der Waals surface area (Å²) in [5, 5.41) is 3.32. The van der Waals surface area contributed by atoms with E-state index in [2.05, 4.69) is 5.32 Å². The molecule has 1 heterocycles. The van der Waals surface area contributed by atoms with Gasteiger partial charge in [-0.25, -0.2) is 0 Å². The molecule has 23 heavy (non-hydrogen) atoms. The molecular weight excluding hydrogens is 334 g/mol. The summed E-state index contributed by atoms with van der Waals surface area (Å²) in [6, 6.07) is 12.3. The lowest BCUT2D eigenvalue weighted by atomic mass is 10.2. The van der Waals surface area contributed by atoms with Gasteiger partial charge in [-0.15, -0.1) is 0 Å². The van der Waals surface area contributed by atoms with Crippen LogP contribution in [0.2, 0.25) is 5.02 Å². The Balaban J connectivity index is 1.68. The van der Waals surface area contributed by atoms with Crippen LogP contribution in [0, 0.1) is 0 Å². The van der Waals surface area contributed by atoms with Gasteiger partial charge in [0.15, 0.2) is 0 Å². The van der Waals surface area contributed by atoms with Gasteiger partial charge in [0.05, 0.1) is 12.7 Å². The second kappa shape index (κ2) is 7.15. The summed E-state index contributed by atoms with van der Waals surface area (Å²) in [5.74, 6) is 3.09. The van der Waals surface area contributed by atoms with E-state index in [1.807, 2.05) is 36.0 Å². The van der Waals surface area contributed by atoms with E-state index in [4.69, 9.17) is 21.1 Å². The first-order valence-electron chi connectivity index (χ1n) is 7.15. The SMILES string of the molecule is COc1ccc(Cl)cc1C(=O)Nc1ccc(OC2CSC2)cc1. The van der Waals surface area contributed by atoms with Gasteiger partial charge in [0.1, 0.15) is 17.6 Å². The van der Waals surface area contributed by atoms with E-state index in [0.717, 1.165) is 17.3 Å². The third-order valence-electron chi connectivity index (χ3n) is 3.43. The summed E-state index contributed by atoms with van der Waals surface area (Å²) in [5.41, 5.74) is 1.08. The summed E-state index contributed by atoms with van der Waals surface area (Å²) in [6.07, 6.45) is 0.302. The zero-order valence-corrected chi connectivity index (χ0v) is 14.1. The Morgan fingerprint density at radius 2 is 1.96 bits per heavy atom. The molecule has 6 heteroatoms. The van der Waals surface area contributed by atoms with Crippen molar-refractivity contribution in [1.29, 1.82) is 0 Å². The van der Waals surface area contributed by atoms with Crippen LogP contribution in [0.4, 0.5) is 5.69 Å². The number of hydrogen-bond acceptors (Lipinski definition) is 4. The number of carbonyl (C=O) groups is 1. The maximum atomic E-state index is 12.4. The lowest BCUT2D eigenvalue weighted by Gasteiger charge is -2.25. The smallest absolute Gasteiger partial charge is 0.259 e. The molecule has 120 valence electrons. The van der Waals surface area contributed by atoms with E-state index in [9.17, 15) is 4.79 Å². The van der Waals surface area contributed by atoms with Gasteiger partial charge in [-0.3, -0.25) is 4.79 Å². The maximum Gasteiger partial charge on any atom is 0.259 e. The second-order valence-electron chi connectivity index (χ2n) is 5.10. The van der Waals surface area contributed by atoms with Crippen LogP contribution in [0.25, 0.3) is 0 Å². The molecule has 1 fully saturated rings. The summed E-state index contributed by atoms with van der Waals surface area (Å²) in [4.78, 5) is 12.4. The number of anilines is 1. The minimum Gasteiger partial charge on any atom is -0.496 e. The van der Waals surface area contributed by atoms with Gasteiger partial charge < -0.3 is 14.8 Å². The van der Waals surface area contributed by atoms with Gasteiger partial charge in [0, 0.05) is 22.2 Å². The van der Waals surface area contributed by atoms with Crippen LogP contribution in [0.3, 0.4) is 0 Å². The molecule has 0 bridgehead atoms. The predicted octanol–water partition coefficient (Wildman–Crippen LogP) is 4.10. The fourth-order valence-electron chi connectivity index (χ4n) is 2.15. The lowest BCUT2D eigenvalue weighted by molar-refractivity contribution is 0.102. The molecule has 1 amide bonds. The number of carbonyl (C=O) groups excluding carboxylic acids is 1. The van der Waals surface area contributed by atoms with Gasteiger partial charge in [-0.1, -0.05) is 11.6 Å². The van der Waals surface area contributed by atoms with Crippen molar-refractivity contribution < 1.29 is 14.3 Å². The Hall–Kier alpha value is -1.85. The highest BCUT2D eigenvalue weighted by atomic mass is 35.5. The third kappa shape index (κ3) is 3.92. The van der Waals surface area contributed by atoms with Gasteiger partial charge in [0.2, 0.25) is 0 Å². The minimum absolute atomic E-state index is 0.270. The van der Waals surface area contributed by atoms with E-state index in [0.29, 0.717) is 28.1 Å². The molecule has 0 spiro atoms. The molecule has 0 unspecified atom stereocenters. The predicted molar refractivity (Wildman–Crippen MR) is 94.1 cm³/mol. The number of halogens is 1. The van der Waals surface area contributed by atoms with E-state index < -0.39 is 0 Å². The Morgan fingerprint density at radius 1 is 1.22 bits per heavy atom. The highest BCUT2D eigenvalue weighted by Gasteiger charge is 2.19. The summed E-state index contributed by atoms with van der Waals surface area (Å²) < 4.78 is 11.0. The molecule has 0 aliphatic carbocycles. The van der Waals surface area contributed by atoms with Gasteiger partial charge in [-0.05, 0) is 42.5 Å². The standard InChI is InChI=1S/C17H16ClNO3S/c1-21-16-7-2-11(18)8-15(16)17(20)19-12-3-5-13(6-4-12)22-14-9-23-10-14/h2-8,14H,9-10H2,1H3,(H,19,20). The van der Waals surface area contributed by atoms with Crippen molar-refractivity contribution in [3.63, 3.8) is 0 Å². The fraction of sp³-hybridized carbons (Fsp3) is 0.235. The van der Waals surface area contributed by atoms with E-state index in [1.54, 1.807) is 18.2 Å². The van der Waals surface area contributed by atoms with Gasteiger partial charge >= 0.3 is 0 Å². The number of methoxy groups -OCH3 is 1. The third-order valence-corrected chi connectivity index (χ3v) is 4.88. The van der Waals surface area contributed by atoms with Crippen molar-refractivity contribution in [3.05, 3.63) is 53.1 Å². The van der Waals surface area contributed by atoms with Crippen LogP contribution in [-0.4, -0.2) is 30.6 Å². The zero-order chi connectivity index (χ0) is 16.2. The maximum absolute atomic E-state index is 12.4. The lowest BCUT2D eigenvalue weighted by Crippen LogP contribution is -2.30. The quantitative estimate of drug-likeness (QED) is 0.883. The zero-order valence-electron chi connectivity index (χ0n) is 12.5. The molecule has 1 N–H and O–H groups in total. The van der Waals surface area contributed by atoms with E-state index in [1.165, 1.54) is 7.11 Å². The van der Waals surface area contributed by atoms with Crippen LogP contribution in [0.1, 0.15) is 10.4 Å². The van der Waals surface area contributed by atoms with Crippen LogP contribution >= 0.6 is 23.4 Å². The molecule has 1 saturated heterocycles. The Morgan fingerprint density at radius 3 is 2.57 bits per heavy atom. The number of nitrogens with one attached hydrogen (secondary N) is 1. The average Bonchev–Trinajstić information content (AvgIpc) is 2.52. The average molecular weight is 350 g/mol. The number of amides is 1. The molecule has 2 aromatic carbocycles. The number of thioether (sulfide) groups is 1. The molecule has 2 aromatic rings. The monoisotopic (exact) mass is 349 g/mol. The highest BCUT2D eigenvalue weighted by molar-refractivity contribution is 8.00. The molecule has 1 aliphatic heterocycles. The Kier molecular flexibility index (Phi) is 4.98. The normalized spacial score (nSPS) is 14.0. The molecule has 1 aliphatic rings. The van der Waals surface area contributed by atoms with E-state index in [-0.39, 0.29) is 5.91 Å². The van der Waals surface area contributed by atoms with Crippen LogP contribution in [-0.2, 0) is 0 Å². The molecule has 0 saturated carbocycles. The molecule has 4 nitrogen and oxygen atoms in total. The van der Waals surface area contributed by atoms with E-state index >= 15 is 0 Å². The minimum atomic E-state index is -0.270. The van der Waals surface area contributed by atoms with Gasteiger partial charge in [0.25, 0.3) is 5.91 Å². The summed E-state index contributed by atoms with van der Waals surface area (Å²) in [6.45, 7) is 0. The van der Waals surface area contributed by atoms with Crippen LogP contribution < -0.4 is 14.8 Å². The number of benzene rings is 2. The van der Waals surface area contributed by atoms with Crippen molar-refractivity contribution >= 4 is 35.0 Å². The fourth-order valence-corrected chi connectivity index (χ4v) is 2.88. The Bertz CT molecular complexity index is 701. The first-order chi connectivity index (χ1) is 11.2. The van der Waals surface area contributed by atoms with Crippen molar-refractivity contribution in [3.8, 4) is 11.5 Å². The molecule has 3 rings (SSSR count). The molecule has 0 atom stereocenters. The summed E-state index contributed by atoms with van der Waals surface area (Å²) >= 11 is 7.83.